The Morgan fingerprint density at radius 1 is 1.05 bits per heavy atom. The lowest BCUT2D eigenvalue weighted by molar-refractivity contribution is -0.139. The van der Waals surface area contributed by atoms with Gasteiger partial charge in [0.15, 0.2) is 4.80 Å². The van der Waals surface area contributed by atoms with E-state index >= 15 is 0 Å². The minimum absolute atomic E-state index is 0.230. The van der Waals surface area contributed by atoms with Crippen LogP contribution in [-0.4, -0.2) is 17.1 Å². The number of hydrogen-bond donors (Lipinski definition) is 0. The Bertz CT molecular complexity index is 1740. The number of para-hydroxylation sites is 1. The van der Waals surface area contributed by atoms with Crippen LogP contribution in [0.1, 0.15) is 42.1 Å². The fourth-order valence-corrected chi connectivity index (χ4v) is 5.63. The number of thiazole rings is 1. The molecule has 6 nitrogen and oxygen atoms in total. The van der Waals surface area contributed by atoms with Gasteiger partial charge in [0, 0.05) is 10.6 Å². The van der Waals surface area contributed by atoms with Crippen LogP contribution in [0.25, 0.3) is 6.08 Å². The van der Waals surface area contributed by atoms with Crippen LogP contribution in [0.5, 0.6) is 5.75 Å². The van der Waals surface area contributed by atoms with Gasteiger partial charge in [-0.1, -0.05) is 83.1 Å². The highest BCUT2D eigenvalue weighted by molar-refractivity contribution is 7.07. The maximum Gasteiger partial charge on any atom is 0.338 e. The van der Waals surface area contributed by atoms with Gasteiger partial charge in [-0.2, -0.15) is 0 Å². The minimum Gasteiger partial charge on any atom is -0.488 e. The maximum absolute atomic E-state index is 13.9. The van der Waals surface area contributed by atoms with Crippen molar-refractivity contribution in [2.24, 2.45) is 4.99 Å². The minimum atomic E-state index is -0.639. The van der Waals surface area contributed by atoms with Crippen molar-refractivity contribution in [3.8, 4) is 5.75 Å². The van der Waals surface area contributed by atoms with E-state index in [0.29, 0.717) is 38.0 Å². The van der Waals surface area contributed by atoms with Crippen LogP contribution in [-0.2, 0) is 16.1 Å². The van der Waals surface area contributed by atoms with Crippen LogP contribution in [0.15, 0.2) is 93.9 Å². The molecule has 1 unspecified atom stereocenters. The normalized spacial score (nSPS) is 15.1. The molecular formula is C31H27ClN2O4S. The van der Waals surface area contributed by atoms with Gasteiger partial charge in [0.05, 0.1) is 28.5 Å². The first kappa shape index (κ1) is 26.7. The van der Waals surface area contributed by atoms with Crippen molar-refractivity contribution in [1.82, 2.24) is 4.57 Å². The molecule has 8 heteroatoms. The van der Waals surface area contributed by atoms with E-state index in [9.17, 15) is 9.59 Å². The van der Waals surface area contributed by atoms with E-state index < -0.39 is 12.0 Å². The van der Waals surface area contributed by atoms with Crippen molar-refractivity contribution in [1.29, 1.82) is 0 Å². The average molecular weight is 559 g/mol. The van der Waals surface area contributed by atoms with Gasteiger partial charge in [-0.25, -0.2) is 9.79 Å². The second-order valence-corrected chi connectivity index (χ2v) is 10.6. The molecule has 1 atom stereocenters. The maximum atomic E-state index is 13.9. The summed E-state index contributed by atoms with van der Waals surface area (Å²) in [4.78, 5) is 32.1. The standard InChI is InChI=1S/C31H27ClN2O4S/c1-4-37-30(36)27-20(3)33-31-34(28(27)22-13-9-19(2)10-14-22)29(35)26(39-31)17-23-7-5-6-8-25(23)38-18-21-11-15-24(32)16-12-21/h5-17,28H,4,18H2,1-3H3/b26-17-. The summed E-state index contributed by atoms with van der Waals surface area (Å²) in [7, 11) is 0. The van der Waals surface area contributed by atoms with E-state index in [1.807, 2.05) is 85.8 Å². The Morgan fingerprint density at radius 2 is 1.77 bits per heavy atom. The lowest BCUT2D eigenvalue weighted by atomic mass is 9.95. The summed E-state index contributed by atoms with van der Waals surface area (Å²) >= 11 is 7.28. The molecule has 2 heterocycles. The lowest BCUT2D eigenvalue weighted by Gasteiger charge is -2.24. The third kappa shape index (κ3) is 5.60. The molecule has 0 saturated carbocycles. The van der Waals surface area contributed by atoms with Crippen LogP contribution >= 0.6 is 22.9 Å². The molecule has 0 fully saturated rings. The average Bonchev–Trinajstić information content (AvgIpc) is 3.23. The second kappa shape index (κ2) is 11.4. The van der Waals surface area contributed by atoms with E-state index in [1.54, 1.807) is 18.4 Å². The molecule has 1 aliphatic rings. The van der Waals surface area contributed by atoms with Gasteiger partial charge in [0.25, 0.3) is 5.56 Å². The van der Waals surface area contributed by atoms with E-state index in [0.717, 1.165) is 22.3 Å². The zero-order valence-electron chi connectivity index (χ0n) is 21.8. The number of halogens is 1. The lowest BCUT2D eigenvalue weighted by Crippen LogP contribution is -2.39. The van der Waals surface area contributed by atoms with Crippen LogP contribution in [0.3, 0.4) is 0 Å². The molecule has 0 spiro atoms. The first-order chi connectivity index (χ1) is 18.9. The molecule has 0 radical (unpaired) electrons. The molecule has 5 rings (SSSR count). The number of fused-ring (bicyclic) bond motifs is 1. The van der Waals surface area contributed by atoms with Gasteiger partial charge < -0.3 is 9.47 Å². The summed E-state index contributed by atoms with van der Waals surface area (Å²) in [6.07, 6.45) is 1.82. The Balaban J connectivity index is 1.59. The van der Waals surface area contributed by atoms with Crippen LogP contribution in [0, 0.1) is 6.92 Å². The number of hydrogen-bond acceptors (Lipinski definition) is 6. The Morgan fingerprint density at radius 3 is 2.49 bits per heavy atom. The number of aryl methyl sites for hydroxylation is 1. The second-order valence-electron chi connectivity index (χ2n) is 9.17. The molecule has 39 heavy (non-hydrogen) atoms. The number of nitrogens with zero attached hydrogens (tertiary/aromatic N) is 2. The Kier molecular flexibility index (Phi) is 7.82. The number of esters is 1. The van der Waals surface area contributed by atoms with Crippen molar-refractivity contribution < 1.29 is 14.3 Å². The SMILES string of the molecule is CCOC(=O)C1=C(C)N=c2s/c(=C\c3ccccc3OCc3ccc(Cl)cc3)c(=O)n2C1c1ccc(C)cc1. The Hall–Kier alpha value is -3.94. The third-order valence-corrected chi connectivity index (χ3v) is 7.66. The van der Waals surface area contributed by atoms with Gasteiger partial charge in [-0.05, 0) is 56.2 Å². The molecule has 0 N–H and O–H groups in total. The summed E-state index contributed by atoms with van der Waals surface area (Å²) in [6, 6.07) is 22.2. The predicted octanol–water partition coefficient (Wildman–Crippen LogP) is 5.34. The zero-order valence-corrected chi connectivity index (χ0v) is 23.4. The van der Waals surface area contributed by atoms with Crippen LogP contribution < -0.4 is 19.6 Å². The van der Waals surface area contributed by atoms with E-state index in [1.165, 1.54) is 11.3 Å². The quantitative estimate of drug-likeness (QED) is 0.287. The number of aromatic nitrogens is 1. The largest absolute Gasteiger partial charge is 0.488 e. The molecule has 198 valence electrons. The zero-order chi connectivity index (χ0) is 27.5. The van der Waals surface area contributed by atoms with Crippen molar-refractivity contribution in [3.05, 3.63) is 131 Å². The molecule has 1 aliphatic heterocycles. The molecular weight excluding hydrogens is 532 g/mol. The number of ether oxygens (including phenoxy) is 2. The highest BCUT2D eigenvalue weighted by atomic mass is 35.5. The van der Waals surface area contributed by atoms with Crippen LogP contribution in [0.2, 0.25) is 5.02 Å². The monoisotopic (exact) mass is 558 g/mol. The predicted molar refractivity (Wildman–Crippen MR) is 154 cm³/mol. The van der Waals surface area contributed by atoms with Crippen LogP contribution in [0.4, 0.5) is 0 Å². The van der Waals surface area contributed by atoms with Crippen molar-refractivity contribution in [2.45, 2.75) is 33.4 Å². The summed E-state index contributed by atoms with van der Waals surface area (Å²) in [5.41, 5.74) is 4.33. The Labute approximate surface area is 235 Å². The van der Waals surface area contributed by atoms with Gasteiger partial charge in [-0.3, -0.25) is 9.36 Å². The number of benzene rings is 3. The van der Waals surface area contributed by atoms with Crippen molar-refractivity contribution >= 4 is 35.0 Å². The first-order valence-corrected chi connectivity index (χ1v) is 13.8. The third-order valence-electron chi connectivity index (χ3n) is 6.42. The van der Waals surface area contributed by atoms with Crippen molar-refractivity contribution in [2.75, 3.05) is 6.61 Å². The van der Waals surface area contributed by atoms with Crippen molar-refractivity contribution in [3.63, 3.8) is 0 Å². The highest BCUT2D eigenvalue weighted by Gasteiger charge is 2.33. The molecule has 0 aliphatic carbocycles. The van der Waals surface area contributed by atoms with Gasteiger partial charge >= 0.3 is 5.97 Å². The molecule has 0 amide bonds. The molecule has 0 saturated heterocycles. The first-order valence-electron chi connectivity index (χ1n) is 12.6. The summed E-state index contributed by atoms with van der Waals surface area (Å²) < 4.78 is 13.6. The number of carbonyl (C=O) groups is 1. The van der Waals surface area contributed by atoms with E-state index in [4.69, 9.17) is 21.1 Å². The topological polar surface area (TPSA) is 69.9 Å². The molecule has 4 aromatic rings. The smallest absolute Gasteiger partial charge is 0.338 e. The number of allylic oxidation sites excluding steroid dienone is 1. The highest BCUT2D eigenvalue weighted by Crippen LogP contribution is 2.31. The number of carbonyl (C=O) groups excluding carboxylic acids is 1. The molecule has 1 aromatic heterocycles. The fraction of sp³-hybridized carbons (Fsp3) is 0.194. The molecule has 0 bridgehead atoms. The van der Waals surface area contributed by atoms with Gasteiger partial charge in [0.1, 0.15) is 12.4 Å². The summed E-state index contributed by atoms with van der Waals surface area (Å²) in [5, 5.41) is 0.666. The van der Waals surface area contributed by atoms with E-state index in [-0.39, 0.29) is 12.2 Å². The summed E-state index contributed by atoms with van der Waals surface area (Å²) in [5.74, 6) is 0.177. The van der Waals surface area contributed by atoms with Gasteiger partial charge in [-0.15, -0.1) is 0 Å². The van der Waals surface area contributed by atoms with Gasteiger partial charge in [0.2, 0.25) is 0 Å². The summed E-state index contributed by atoms with van der Waals surface area (Å²) in [6.45, 7) is 6.13. The number of rotatable bonds is 7. The molecule has 3 aromatic carbocycles. The fourth-order valence-electron chi connectivity index (χ4n) is 4.47. The van der Waals surface area contributed by atoms with E-state index in [2.05, 4.69) is 4.99 Å².